The van der Waals surface area contributed by atoms with Crippen LogP contribution in [0.4, 0.5) is 0 Å². The minimum atomic E-state index is -1.99. The van der Waals surface area contributed by atoms with Crippen molar-refractivity contribution in [3.05, 3.63) is 29.8 Å². The summed E-state index contributed by atoms with van der Waals surface area (Å²) in [5.41, 5.74) is 1.06. The number of hydrogen-bond donors (Lipinski definition) is 0. The van der Waals surface area contributed by atoms with E-state index < -0.39 is 18.4 Å². The Bertz CT molecular complexity index is 353. The third-order valence-electron chi connectivity index (χ3n) is 2.37. The van der Waals surface area contributed by atoms with E-state index in [4.69, 9.17) is 0 Å². The molecule has 0 radical (unpaired) electrons. The molecular formula is C12H18O2Sn. The van der Waals surface area contributed by atoms with Crippen molar-refractivity contribution in [2.24, 2.45) is 0 Å². The van der Waals surface area contributed by atoms with Gasteiger partial charge in [-0.1, -0.05) is 0 Å². The van der Waals surface area contributed by atoms with Gasteiger partial charge in [-0.3, -0.25) is 0 Å². The SMILES string of the molecule is COC(=O)Cc1ccc[c]([Sn]([CH3])([CH3])[CH3])c1. The summed E-state index contributed by atoms with van der Waals surface area (Å²) in [5.74, 6) is -0.170. The first-order valence-electron chi connectivity index (χ1n) is 5.09. The molecule has 0 amide bonds. The van der Waals surface area contributed by atoms with Crippen molar-refractivity contribution in [1.82, 2.24) is 0 Å². The molecule has 0 spiro atoms. The summed E-state index contributed by atoms with van der Waals surface area (Å²) in [6.45, 7) is 0. The zero-order valence-corrected chi connectivity index (χ0v) is 12.7. The first-order chi connectivity index (χ1) is 6.93. The molecule has 0 bridgehead atoms. The van der Waals surface area contributed by atoms with Gasteiger partial charge in [0.1, 0.15) is 0 Å². The van der Waals surface area contributed by atoms with Crippen LogP contribution in [-0.4, -0.2) is 31.5 Å². The molecule has 0 unspecified atom stereocenters. The van der Waals surface area contributed by atoms with Crippen LogP contribution < -0.4 is 3.58 Å². The molecule has 1 rings (SSSR count). The van der Waals surface area contributed by atoms with E-state index in [9.17, 15) is 4.79 Å². The van der Waals surface area contributed by atoms with E-state index in [1.807, 2.05) is 12.1 Å². The van der Waals surface area contributed by atoms with Crippen LogP contribution in [0.5, 0.6) is 0 Å². The molecule has 0 aromatic heterocycles. The normalized spacial score (nSPS) is 11.2. The summed E-state index contributed by atoms with van der Waals surface area (Å²) >= 11 is -1.99. The van der Waals surface area contributed by atoms with Crippen LogP contribution in [0.1, 0.15) is 5.56 Å². The van der Waals surface area contributed by atoms with Gasteiger partial charge in [-0.25, -0.2) is 0 Å². The van der Waals surface area contributed by atoms with Crippen molar-refractivity contribution in [2.75, 3.05) is 7.11 Å². The van der Waals surface area contributed by atoms with Crippen LogP contribution in [0.25, 0.3) is 0 Å². The zero-order valence-electron chi connectivity index (χ0n) is 9.83. The fourth-order valence-corrected chi connectivity index (χ4v) is 4.85. The van der Waals surface area contributed by atoms with Crippen molar-refractivity contribution >= 4 is 27.9 Å². The molecule has 0 N–H and O–H groups in total. The minimum absolute atomic E-state index is 0.170. The number of rotatable bonds is 3. The van der Waals surface area contributed by atoms with Gasteiger partial charge in [-0.05, 0) is 0 Å². The zero-order chi connectivity index (χ0) is 11.5. The molecule has 0 saturated heterocycles. The molecule has 0 aliphatic heterocycles. The molecule has 0 fully saturated rings. The topological polar surface area (TPSA) is 26.3 Å². The van der Waals surface area contributed by atoms with Crippen LogP contribution in [0.15, 0.2) is 24.3 Å². The Morgan fingerprint density at radius 2 is 2.00 bits per heavy atom. The number of carbonyl (C=O) groups is 1. The third kappa shape index (κ3) is 3.86. The fourth-order valence-electron chi connectivity index (χ4n) is 1.39. The molecular weight excluding hydrogens is 295 g/mol. The Morgan fingerprint density at radius 1 is 1.33 bits per heavy atom. The van der Waals surface area contributed by atoms with Crippen LogP contribution in [-0.2, 0) is 16.0 Å². The molecule has 15 heavy (non-hydrogen) atoms. The average Bonchev–Trinajstić information content (AvgIpc) is 2.17. The second-order valence-corrected chi connectivity index (χ2v) is 19.2. The number of methoxy groups -OCH3 is 1. The Kier molecular flexibility index (Phi) is 4.20. The van der Waals surface area contributed by atoms with Crippen LogP contribution in [0.2, 0.25) is 14.8 Å². The summed E-state index contributed by atoms with van der Waals surface area (Å²) in [6, 6.07) is 8.36. The van der Waals surface area contributed by atoms with E-state index in [0.717, 1.165) is 5.56 Å². The standard InChI is InChI=1S/C9H9O2.3CH3.Sn/c1-11-9(10)7-8-5-3-2-4-6-8;;;;/h2-3,5-6H,7H2,1H3;3*1H3;. The van der Waals surface area contributed by atoms with Crippen molar-refractivity contribution in [3.63, 3.8) is 0 Å². The second-order valence-electron chi connectivity index (χ2n) is 4.70. The van der Waals surface area contributed by atoms with Gasteiger partial charge in [0.15, 0.2) is 0 Å². The summed E-state index contributed by atoms with van der Waals surface area (Å²) in [5, 5.41) is 0. The van der Waals surface area contributed by atoms with Crippen molar-refractivity contribution in [3.8, 4) is 0 Å². The predicted molar refractivity (Wildman–Crippen MR) is 65.1 cm³/mol. The van der Waals surface area contributed by atoms with Gasteiger partial charge in [0.25, 0.3) is 0 Å². The van der Waals surface area contributed by atoms with Crippen molar-refractivity contribution in [1.29, 1.82) is 0 Å². The van der Waals surface area contributed by atoms with Crippen LogP contribution >= 0.6 is 0 Å². The molecule has 2 nitrogen and oxygen atoms in total. The Hall–Kier alpha value is -0.511. The number of carbonyl (C=O) groups excluding carboxylic acids is 1. The molecule has 0 aliphatic rings. The van der Waals surface area contributed by atoms with E-state index in [2.05, 4.69) is 31.7 Å². The van der Waals surface area contributed by atoms with E-state index in [1.165, 1.54) is 10.7 Å². The Balaban J connectivity index is 2.88. The van der Waals surface area contributed by atoms with Crippen LogP contribution in [0, 0.1) is 0 Å². The number of hydrogen-bond acceptors (Lipinski definition) is 2. The maximum atomic E-state index is 11.1. The molecule has 82 valence electrons. The Labute approximate surface area is 95.5 Å². The predicted octanol–water partition coefficient (Wildman–Crippen LogP) is 1.95. The van der Waals surface area contributed by atoms with E-state index in [1.54, 1.807) is 0 Å². The first-order valence-corrected chi connectivity index (χ1v) is 15.1. The second kappa shape index (κ2) is 5.01. The summed E-state index contributed by atoms with van der Waals surface area (Å²) in [7, 11) is 1.43. The van der Waals surface area contributed by atoms with Gasteiger partial charge < -0.3 is 0 Å². The van der Waals surface area contributed by atoms with E-state index in [0.29, 0.717) is 6.42 Å². The first kappa shape index (κ1) is 12.6. The molecule has 3 heteroatoms. The third-order valence-corrected chi connectivity index (χ3v) is 8.20. The van der Waals surface area contributed by atoms with Gasteiger partial charge in [0, 0.05) is 0 Å². The molecule has 0 aliphatic carbocycles. The summed E-state index contributed by atoms with van der Waals surface area (Å²) in [4.78, 5) is 18.2. The van der Waals surface area contributed by atoms with Crippen molar-refractivity contribution < 1.29 is 9.53 Å². The quantitative estimate of drug-likeness (QED) is 0.630. The average molecular weight is 313 g/mol. The number of benzene rings is 1. The van der Waals surface area contributed by atoms with Gasteiger partial charge in [-0.15, -0.1) is 0 Å². The number of esters is 1. The van der Waals surface area contributed by atoms with E-state index >= 15 is 0 Å². The van der Waals surface area contributed by atoms with Crippen molar-refractivity contribution in [2.45, 2.75) is 21.2 Å². The van der Waals surface area contributed by atoms with Gasteiger partial charge in [0.05, 0.1) is 0 Å². The summed E-state index contributed by atoms with van der Waals surface area (Å²) < 4.78 is 6.11. The fraction of sp³-hybridized carbons (Fsp3) is 0.417. The maximum absolute atomic E-state index is 11.1. The molecule has 1 aromatic rings. The van der Waals surface area contributed by atoms with E-state index in [-0.39, 0.29) is 5.97 Å². The van der Waals surface area contributed by atoms with Crippen LogP contribution in [0.3, 0.4) is 0 Å². The molecule has 0 atom stereocenters. The summed E-state index contributed by atoms with van der Waals surface area (Å²) in [6.07, 6.45) is 0.381. The molecule has 0 heterocycles. The van der Waals surface area contributed by atoms with Gasteiger partial charge >= 0.3 is 95.6 Å². The monoisotopic (exact) mass is 314 g/mol. The number of ether oxygens (including phenoxy) is 1. The molecule has 0 saturated carbocycles. The van der Waals surface area contributed by atoms with Gasteiger partial charge in [0.2, 0.25) is 0 Å². The molecule has 1 aromatic carbocycles. The Morgan fingerprint density at radius 3 is 2.53 bits per heavy atom. The van der Waals surface area contributed by atoms with Gasteiger partial charge in [-0.2, -0.15) is 0 Å².